The molecular weight excluding hydrogens is 288 g/mol. The fourth-order valence-corrected chi connectivity index (χ4v) is 1.78. The Bertz CT molecular complexity index is 586. The van der Waals surface area contributed by atoms with E-state index < -0.39 is 11.9 Å². The highest BCUT2D eigenvalue weighted by Crippen LogP contribution is 2.24. The zero-order chi connectivity index (χ0) is 15.9. The van der Waals surface area contributed by atoms with Crippen LogP contribution in [-0.2, 0) is 9.59 Å². The maximum atomic E-state index is 10.4. The summed E-state index contributed by atoms with van der Waals surface area (Å²) in [4.78, 5) is 20.8. The topological polar surface area (TPSA) is 93.1 Å². The van der Waals surface area contributed by atoms with Gasteiger partial charge in [-0.15, -0.1) is 0 Å². The number of ether oxygens (including phenoxy) is 2. The van der Waals surface area contributed by atoms with Crippen molar-refractivity contribution >= 4 is 11.9 Å². The fourth-order valence-electron chi connectivity index (χ4n) is 1.78. The molecule has 0 heterocycles. The molecular formula is C16H14O6. The van der Waals surface area contributed by atoms with Crippen molar-refractivity contribution in [1.82, 2.24) is 0 Å². The first-order valence-corrected chi connectivity index (χ1v) is 6.44. The predicted octanol–water partition coefficient (Wildman–Crippen LogP) is 2.28. The van der Waals surface area contributed by atoms with Crippen LogP contribution in [0.1, 0.15) is 0 Å². The molecule has 0 aromatic heterocycles. The molecule has 0 bridgehead atoms. The van der Waals surface area contributed by atoms with Gasteiger partial charge in [0, 0.05) is 0 Å². The predicted molar refractivity (Wildman–Crippen MR) is 78.1 cm³/mol. The van der Waals surface area contributed by atoms with Gasteiger partial charge in [-0.05, 0) is 35.4 Å². The van der Waals surface area contributed by atoms with Gasteiger partial charge in [0.1, 0.15) is 11.5 Å². The minimum Gasteiger partial charge on any atom is -0.482 e. The summed E-state index contributed by atoms with van der Waals surface area (Å²) in [5, 5.41) is 17.1. The lowest BCUT2D eigenvalue weighted by atomic mass is 10.1. The second kappa shape index (κ2) is 7.12. The van der Waals surface area contributed by atoms with Crippen molar-refractivity contribution in [3.8, 4) is 22.6 Å². The third-order valence-corrected chi connectivity index (χ3v) is 2.77. The van der Waals surface area contributed by atoms with Crippen LogP contribution in [-0.4, -0.2) is 35.4 Å². The first-order chi connectivity index (χ1) is 10.5. The zero-order valence-electron chi connectivity index (χ0n) is 11.6. The van der Waals surface area contributed by atoms with E-state index in [4.69, 9.17) is 19.7 Å². The number of hydrogen-bond donors (Lipinski definition) is 2. The lowest BCUT2D eigenvalue weighted by Crippen LogP contribution is -2.09. The molecule has 2 N–H and O–H groups in total. The minimum absolute atomic E-state index is 0.380. The molecule has 114 valence electrons. The summed E-state index contributed by atoms with van der Waals surface area (Å²) in [6, 6.07) is 14.0. The summed E-state index contributed by atoms with van der Waals surface area (Å²) in [7, 11) is 0. The number of benzene rings is 2. The van der Waals surface area contributed by atoms with Crippen LogP contribution < -0.4 is 9.47 Å². The fraction of sp³-hybridized carbons (Fsp3) is 0.125. The summed E-state index contributed by atoms with van der Waals surface area (Å²) in [6.07, 6.45) is 0. The summed E-state index contributed by atoms with van der Waals surface area (Å²) >= 11 is 0. The van der Waals surface area contributed by atoms with Gasteiger partial charge >= 0.3 is 11.9 Å². The molecule has 0 amide bonds. The first kappa shape index (κ1) is 15.4. The Kier molecular flexibility index (Phi) is 4.98. The molecule has 0 atom stereocenters. The van der Waals surface area contributed by atoms with E-state index in [-0.39, 0.29) is 13.2 Å². The quantitative estimate of drug-likeness (QED) is 0.815. The van der Waals surface area contributed by atoms with E-state index in [0.29, 0.717) is 11.5 Å². The van der Waals surface area contributed by atoms with Crippen molar-refractivity contribution in [3.63, 3.8) is 0 Å². The Labute approximate surface area is 126 Å². The Morgan fingerprint density at radius 2 is 1.00 bits per heavy atom. The molecule has 0 aliphatic heterocycles. The summed E-state index contributed by atoms with van der Waals surface area (Å²) in [5.41, 5.74) is 1.85. The SMILES string of the molecule is O=C(O)COc1ccc(-c2ccc(OCC(=O)O)cc2)cc1. The van der Waals surface area contributed by atoms with Crippen molar-refractivity contribution in [1.29, 1.82) is 0 Å². The van der Waals surface area contributed by atoms with Crippen LogP contribution in [0.5, 0.6) is 11.5 Å². The Balaban J connectivity index is 2.02. The second-order valence-electron chi connectivity index (χ2n) is 4.41. The van der Waals surface area contributed by atoms with Crippen LogP contribution >= 0.6 is 0 Å². The van der Waals surface area contributed by atoms with Crippen LogP contribution in [0.4, 0.5) is 0 Å². The minimum atomic E-state index is -1.03. The molecule has 0 unspecified atom stereocenters. The average molecular weight is 302 g/mol. The largest absolute Gasteiger partial charge is 0.482 e. The Morgan fingerprint density at radius 3 is 1.27 bits per heavy atom. The van der Waals surface area contributed by atoms with E-state index in [1.807, 2.05) is 24.3 Å². The highest BCUT2D eigenvalue weighted by atomic mass is 16.5. The van der Waals surface area contributed by atoms with Crippen LogP contribution in [0.2, 0.25) is 0 Å². The Morgan fingerprint density at radius 1 is 0.682 bits per heavy atom. The molecule has 6 nitrogen and oxygen atoms in total. The maximum absolute atomic E-state index is 10.4. The zero-order valence-corrected chi connectivity index (χ0v) is 11.6. The van der Waals surface area contributed by atoms with E-state index in [9.17, 15) is 9.59 Å². The van der Waals surface area contributed by atoms with E-state index >= 15 is 0 Å². The van der Waals surface area contributed by atoms with Gasteiger partial charge < -0.3 is 19.7 Å². The van der Waals surface area contributed by atoms with Crippen molar-refractivity contribution in [2.45, 2.75) is 0 Å². The van der Waals surface area contributed by atoms with Gasteiger partial charge in [0.15, 0.2) is 13.2 Å². The molecule has 2 aromatic rings. The number of aliphatic carboxylic acids is 2. The van der Waals surface area contributed by atoms with Gasteiger partial charge in [-0.1, -0.05) is 24.3 Å². The van der Waals surface area contributed by atoms with Crippen LogP contribution in [0.15, 0.2) is 48.5 Å². The molecule has 0 aliphatic rings. The van der Waals surface area contributed by atoms with Crippen molar-refractivity contribution in [2.75, 3.05) is 13.2 Å². The molecule has 2 aromatic carbocycles. The molecule has 0 spiro atoms. The van der Waals surface area contributed by atoms with E-state index in [1.165, 1.54) is 0 Å². The molecule has 0 fully saturated rings. The normalized spacial score (nSPS) is 10.0. The standard InChI is InChI=1S/C16H14O6/c17-15(18)9-21-13-5-1-11(2-6-13)12-3-7-14(8-4-12)22-10-16(19)20/h1-8H,9-10H2,(H,17,18)(H,19,20). The molecule has 2 rings (SSSR count). The number of carboxylic acid groups (broad SMARTS) is 2. The highest BCUT2D eigenvalue weighted by molar-refractivity contribution is 5.69. The smallest absolute Gasteiger partial charge is 0.341 e. The number of carbonyl (C=O) groups is 2. The summed E-state index contributed by atoms with van der Waals surface area (Å²) < 4.78 is 10.1. The van der Waals surface area contributed by atoms with E-state index in [0.717, 1.165) is 11.1 Å². The molecule has 0 radical (unpaired) electrons. The second-order valence-corrected chi connectivity index (χ2v) is 4.41. The van der Waals surface area contributed by atoms with Gasteiger partial charge in [-0.3, -0.25) is 0 Å². The third-order valence-electron chi connectivity index (χ3n) is 2.77. The van der Waals surface area contributed by atoms with Crippen molar-refractivity contribution in [2.24, 2.45) is 0 Å². The van der Waals surface area contributed by atoms with Gasteiger partial charge in [-0.2, -0.15) is 0 Å². The van der Waals surface area contributed by atoms with Gasteiger partial charge in [-0.25, -0.2) is 9.59 Å². The van der Waals surface area contributed by atoms with E-state index in [2.05, 4.69) is 0 Å². The molecule has 0 saturated heterocycles. The van der Waals surface area contributed by atoms with Crippen LogP contribution in [0.25, 0.3) is 11.1 Å². The van der Waals surface area contributed by atoms with Crippen LogP contribution in [0.3, 0.4) is 0 Å². The Hall–Kier alpha value is -3.02. The maximum Gasteiger partial charge on any atom is 0.341 e. The number of hydrogen-bond acceptors (Lipinski definition) is 4. The molecule has 0 aliphatic carbocycles. The number of carboxylic acids is 2. The monoisotopic (exact) mass is 302 g/mol. The van der Waals surface area contributed by atoms with Gasteiger partial charge in [0.2, 0.25) is 0 Å². The first-order valence-electron chi connectivity index (χ1n) is 6.44. The van der Waals surface area contributed by atoms with Gasteiger partial charge in [0.05, 0.1) is 0 Å². The lowest BCUT2D eigenvalue weighted by molar-refractivity contribution is -0.140. The summed E-state index contributed by atoms with van der Waals surface area (Å²) in [5.74, 6) is -1.10. The van der Waals surface area contributed by atoms with Crippen molar-refractivity contribution < 1.29 is 29.3 Å². The molecule has 0 saturated carbocycles. The highest BCUT2D eigenvalue weighted by Gasteiger charge is 2.03. The van der Waals surface area contributed by atoms with E-state index in [1.54, 1.807) is 24.3 Å². The van der Waals surface area contributed by atoms with Gasteiger partial charge in [0.25, 0.3) is 0 Å². The molecule has 6 heteroatoms. The molecule has 22 heavy (non-hydrogen) atoms. The summed E-state index contributed by atoms with van der Waals surface area (Å²) in [6.45, 7) is -0.760. The lowest BCUT2D eigenvalue weighted by Gasteiger charge is -2.07. The third kappa shape index (κ3) is 4.52. The number of rotatable bonds is 7. The average Bonchev–Trinajstić information content (AvgIpc) is 2.52. The van der Waals surface area contributed by atoms with Crippen LogP contribution in [0, 0.1) is 0 Å². The van der Waals surface area contributed by atoms with Crippen molar-refractivity contribution in [3.05, 3.63) is 48.5 Å².